The second kappa shape index (κ2) is 9.62. The smallest absolute Gasteiger partial charge is 0.0670 e. The molecule has 1 aliphatic heterocycles. The van der Waals surface area contributed by atoms with Crippen LogP contribution in [0, 0.1) is 6.92 Å². The second-order valence-corrected chi connectivity index (χ2v) is 9.18. The van der Waals surface area contributed by atoms with Crippen molar-refractivity contribution in [1.82, 2.24) is 4.90 Å². The molecular formula is C25H25Cl3N2. The predicted molar refractivity (Wildman–Crippen MR) is 129 cm³/mol. The van der Waals surface area contributed by atoms with Gasteiger partial charge in [0.05, 0.1) is 16.8 Å². The van der Waals surface area contributed by atoms with Crippen molar-refractivity contribution in [1.29, 1.82) is 0 Å². The van der Waals surface area contributed by atoms with Gasteiger partial charge in [0, 0.05) is 36.2 Å². The molecule has 0 saturated carbocycles. The van der Waals surface area contributed by atoms with E-state index in [-0.39, 0.29) is 6.04 Å². The minimum absolute atomic E-state index is 0.201. The number of benzene rings is 3. The van der Waals surface area contributed by atoms with Gasteiger partial charge in [-0.2, -0.15) is 0 Å². The summed E-state index contributed by atoms with van der Waals surface area (Å²) in [5.74, 6) is 0. The van der Waals surface area contributed by atoms with Crippen LogP contribution in [0.5, 0.6) is 0 Å². The summed E-state index contributed by atoms with van der Waals surface area (Å²) in [4.78, 5) is 4.94. The molecule has 1 fully saturated rings. The van der Waals surface area contributed by atoms with Crippen LogP contribution in [-0.2, 0) is 6.42 Å². The second-order valence-electron chi connectivity index (χ2n) is 7.90. The van der Waals surface area contributed by atoms with Gasteiger partial charge in [-0.15, -0.1) is 0 Å². The predicted octanol–water partition coefficient (Wildman–Crippen LogP) is 7.06. The molecule has 4 rings (SSSR count). The van der Waals surface area contributed by atoms with Gasteiger partial charge in [0.1, 0.15) is 0 Å². The summed E-state index contributed by atoms with van der Waals surface area (Å²) in [5, 5.41) is 2.10. The summed E-state index contributed by atoms with van der Waals surface area (Å²) in [6.07, 6.45) is 1.05. The SMILES string of the molecule is Cc1cccc(CCN2CCN(c3ccc(Cl)cc3Cl)[C@H](c3ccc(Cl)cc3)C2)c1. The number of nitrogens with zero attached hydrogens (tertiary/aromatic N) is 2. The summed E-state index contributed by atoms with van der Waals surface area (Å²) >= 11 is 18.9. The Bertz CT molecular complexity index is 1000. The topological polar surface area (TPSA) is 6.48 Å². The fourth-order valence-electron chi connectivity index (χ4n) is 4.17. The monoisotopic (exact) mass is 458 g/mol. The maximum atomic E-state index is 6.57. The average molecular weight is 460 g/mol. The molecule has 0 amide bonds. The van der Waals surface area contributed by atoms with Gasteiger partial charge in [-0.25, -0.2) is 0 Å². The summed E-state index contributed by atoms with van der Waals surface area (Å²) in [6.45, 7) is 6.02. The Morgan fingerprint density at radius 3 is 2.37 bits per heavy atom. The third-order valence-electron chi connectivity index (χ3n) is 5.74. The van der Waals surface area contributed by atoms with Crippen LogP contribution in [0.3, 0.4) is 0 Å². The number of anilines is 1. The maximum Gasteiger partial charge on any atom is 0.0670 e. The third kappa shape index (κ3) is 5.12. The number of halogens is 3. The minimum atomic E-state index is 0.201. The van der Waals surface area contributed by atoms with E-state index in [4.69, 9.17) is 34.8 Å². The molecule has 30 heavy (non-hydrogen) atoms. The Morgan fingerprint density at radius 1 is 0.867 bits per heavy atom. The van der Waals surface area contributed by atoms with Gasteiger partial charge in [-0.05, 0) is 54.8 Å². The molecule has 1 saturated heterocycles. The molecule has 0 aliphatic carbocycles. The summed E-state index contributed by atoms with van der Waals surface area (Å²) in [6, 6.07) is 22.9. The van der Waals surface area contributed by atoms with Crippen LogP contribution in [0.15, 0.2) is 66.7 Å². The first-order valence-corrected chi connectivity index (χ1v) is 11.4. The van der Waals surface area contributed by atoms with Crippen LogP contribution in [-0.4, -0.2) is 31.1 Å². The standard InChI is InChI=1S/C25H25Cl3N2/c1-18-3-2-4-19(15-18)11-12-29-13-14-30(24-10-9-22(27)16-23(24)28)25(17-29)20-5-7-21(26)8-6-20/h2-10,15-16,25H,11-14,17H2,1H3/t25-/m0/s1. The van der Waals surface area contributed by atoms with Crippen molar-refractivity contribution in [3.05, 3.63) is 98.5 Å². The van der Waals surface area contributed by atoms with Gasteiger partial charge in [-0.3, -0.25) is 4.90 Å². The van der Waals surface area contributed by atoms with Crippen LogP contribution >= 0.6 is 34.8 Å². The summed E-state index contributed by atoms with van der Waals surface area (Å²) in [5.41, 5.74) is 4.97. The van der Waals surface area contributed by atoms with E-state index in [2.05, 4.69) is 53.1 Å². The van der Waals surface area contributed by atoms with Crippen molar-refractivity contribution < 1.29 is 0 Å². The van der Waals surface area contributed by atoms with Crippen LogP contribution < -0.4 is 4.90 Å². The largest absolute Gasteiger partial charge is 0.361 e. The molecule has 0 bridgehead atoms. The molecule has 0 N–H and O–H groups in total. The number of hydrogen-bond donors (Lipinski definition) is 0. The van der Waals surface area contributed by atoms with Crippen molar-refractivity contribution >= 4 is 40.5 Å². The van der Waals surface area contributed by atoms with E-state index in [1.165, 1.54) is 16.7 Å². The highest BCUT2D eigenvalue weighted by molar-refractivity contribution is 6.36. The average Bonchev–Trinajstić information content (AvgIpc) is 2.73. The van der Waals surface area contributed by atoms with Gasteiger partial charge < -0.3 is 4.90 Å². The number of hydrogen-bond acceptors (Lipinski definition) is 2. The molecular weight excluding hydrogens is 435 g/mol. The quantitative estimate of drug-likeness (QED) is 0.403. The molecule has 0 radical (unpaired) electrons. The highest BCUT2D eigenvalue weighted by atomic mass is 35.5. The van der Waals surface area contributed by atoms with Crippen molar-refractivity contribution in [3.8, 4) is 0 Å². The van der Waals surface area contributed by atoms with Gasteiger partial charge in [0.25, 0.3) is 0 Å². The van der Waals surface area contributed by atoms with Gasteiger partial charge in [-0.1, -0.05) is 76.8 Å². The van der Waals surface area contributed by atoms with E-state index >= 15 is 0 Å². The Labute approximate surface area is 194 Å². The van der Waals surface area contributed by atoms with E-state index < -0.39 is 0 Å². The van der Waals surface area contributed by atoms with E-state index in [1.807, 2.05) is 30.3 Å². The molecule has 156 valence electrons. The van der Waals surface area contributed by atoms with Crippen molar-refractivity contribution in [2.75, 3.05) is 31.1 Å². The van der Waals surface area contributed by atoms with E-state index in [9.17, 15) is 0 Å². The van der Waals surface area contributed by atoms with E-state index in [0.717, 1.165) is 43.3 Å². The zero-order valence-electron chi connectivity index (χ0n) is 17.0. The third-order valence-corrected chi connectivity index (χ3v) is 6.53. The van der Waals surface area contributed by atoms with Gasteiger partial charge in [0.2, 0.25) is 0 Å². The highest BCUT2D eigenvalue weighted by Crippen LogP contribution is 2.36. The lowest BCUT2D eigenvalue weighted by molar-refractivity contribution is 0.226. The first-order valence-electron chi connectivity index (χ1n) is 10.2. The Hall–Kier alpha value is -1.71. The normalized spacial score (nSPS) is 17.3. The lowest BCUT2D eigenvalue weighted by atomic mass is 10.0. The number of piperazine rings is 1. The van der Waals surface area contributed by atoms with Gasteiger partial charge >= 0.3 is 0 Å². The maximum absolute atomic E-state index is 6.57. The lowest BCUT2D eigenvalue weighted by Crippen LogP contribution is -2.49. The van der Waals surface area contributed by atoms with Crippen LogP contribution in [0.25, 0.3) is 0 Å². The van der Waals surface area contributed by atoms with Crippen LogP contribution in [0.2, 0.25) is 15.1 Å². The Kier molecular flexibility index (Phi) is 6.90. The molecule has 1 aliphatic rings. The molecule has 3 aromatic carbocycles. The zero-order valence-corrected chi connectivity index (χ0v) is 19.3. The highest BCUT2D eigenvalue weighted by Gasteiger charge is 2.29. The van der Waals surface area contributed by atoms with Crippen LogP contribution in [0.4, 0.5) is 5.69 Å². The lowest BCUT2D eigenvalue weighted by Gasteiger charge is -2.43. The van der Waals surface area contributed by atoms with E-state index in [0.29, 0.717) is 10.0 Å². The fraction of sp³-hybridized carbons (Fsp3) is 0.280. The van der Waals surface area contributed by atoms with Crippen molar-refractivity contribution in [2.24, 2.45) is 0 Å². The molecule has 0 unspecified atom stereocenters. The Balaban J connectivity index is 1.55. The van der Waals surface area contributed by atoms with Crippen LogP contribution in [0.1, 0.15) is 22.7 Å². The Morgan fingerprint density at radius 2 is 1.63 bits per heavy atom. The molecule has 2 nitrogen and oxygen atoms in total. The van der Waals surface area contributed by atoms with Crippen molar-refractivity contribution in [2.45, 2.75) is 19.4 Å². The molecule has 0 spiro atoms. The number of rotatable bonds is 5. The molecule has 5 heteroatoms. The minimum Gasteiger partial charge on any atom is -0.361 e. The first-order chi connectivity index (χ1) is 14.5. The van der Waals surface area contributed by atoms with E-state index in [1.54, 1.807) is 0 Å². The van der Waals surface area contributed by atoms with Crippen molar-refractivity contribution in [3.63, 3.8) is 0 Å². The fourth-order valence-corrected chi connectivity index (χ4v) is 4.81. The molecule has 1 heterocycles. The zero-order chi connectivity index (χ0) is 21.1. The summed E-state index contributed by atoms with van der Waals surface area (Å²) in [7, 11) is 0. The summed E-state index contributed by atoms with van der Waals surface area (Å²) < 4.78 is 0. The molecule has 3 aromatic rings. The number of aryl methyl sites for hydroxylation is 1. The first kappa shape index (κ1) is 21.5. The van der Waals surface area contributed by atoms with Gasteiger partial charge in [0.15, 0.2) is 0 Å². The molecule has 0 aromatic heterocycles. The molecule has 1 atom stereocenters.